The van der Waals surface area contributed by atoms with E-state index in [9.17, 15) is 4.79 Å². The van der Waals surface area contributed by atoms with Crippen LogP contribution in [0.2, 0.25) is 0 Å². The van der Waals surface area contributed by atoms with Crippen molar-refractivity contribution < 1.29 is 9.53 Å². The topological polar surface area (TPSA) is 77.2 Å². The fraction of sp³-hybridized carbons (Fsp3) is 0.182. The van der Waals surface area contributed by atoms with Crippen molar-refractivity contribution in [3.05, 3.63) is 77.5 Å². The summed E-state index contributed by atoms with van der Waals surface area (Å²) >= 11 is 1.80. The molecule has 0 aliphatic carbocycles. The summed E-state index contributed by atoms with van der Waals surface area (Å²) in [6, 6.07) is 19.1. The van der Waals surface area contributed by atoms with Gasteiger partial charge in [-0.15, -0.1) is 11.8 Å². The lowest BCUT2D eigenvalue weighted by molar-refractivity contribution is 0.0951. The Labute approximate surface area is 169 Å². The molecule has 3 rings (SSSR count). The Hall–Kier alpha value is -2.99. The van der Waals surface area contributed by atoms with Gasteiger partial charge in [0.25, 0.3) is 5.91 Å². The minimum absolute atomic E-state index is 0.240. The Morgan fingerprint density at radius 2 is 1.68 bits per heavy atom. The van der Waals surface area contributed by atoms with Crippen molar-refractivity contribution in [1.29, 1.82) is 0 Å². The first-order chi connectivity index (χ1) is 13.5. The minimum atomic E-state index is -0.240. The number of nitrogens with zero attached hydrogens (tertiary/aromatic N) is 1. The van der Waals surface area contributed by atoms with E-state index in [0.29, 0.717) is 12.1 Å². The summed E-state index contributed by atoms with van der Waals surface area (Å²) < 4.78 is 5.87. The zero-order chi connectivity index (χ0) is 19.9. The van der Waals surface area contributed by atoms with Crippen molar-refractivity contribution in [2.24, 2.45) is 0 Å². The van der Waals surface area contributed by atoms with Gasteiger partial charge in [-0.05, 0) is 66.8 Å². The first kappa shape index (κ1) is 19.8. The zero-order valence-corrected chi connectivity index (χ0v) is 16.8. The van der Waals surface area contributed by atoms with E-state index >= 15 is 0 Å². The maximum Gasteiger partial charge on any atom is 0.255 e. The van der Waals surface area contributed by atoms with Crippen LogP contribution in [0.25, 0.3) is 0 Å². The normalized spacial score (nSPS) is 10.5. The highest BCUT2D eigenvalue weighted by atomic mass is 32.2. The van der Waals surface area contributed by atoms with E-state index in [1.54, 1.807) is 23.9 Å². The van der Waals surface area contributed by atoms with Crippen LogP contribution in [0, 0.1) is 6.92 Å². The fourth-order valence-electron chi connectivity index (χ4n) is 2.63. The SMILES string of the molecule is CCSc1ccc(Oc2ccc(CNC(=O)c3ccc(C)nc3N)cc2)cc1. The lowest BCUT2D eigenvalue weighted by Gasteiger charge is -2.09. The summed E-state index contributed by atoms with van der Waals surface area (Å²) in [6.07, 6.45) is 0. The average Bonchev–Trinajstić information content (AvgIpc) is 2.69. The fourth-order valence-corrected chi connectivity index (χ4v) is 3.29. The smallest absolute Gasteiger partial charge is 0.255 e. The highest BCUT2D eigenvalue weighted by molar-refractivity contribution is 7.99. The van der Waals surface area contributed by atoms with Gasteiger partial charge in [-0.2, -0.15) is 0 Å². The summed E-state index contributed by atoms with van der Waals surface area (Å²) in [6.45, 7) is 4.36. The van der Waals surface area contributed by atoms with Crippen molar-refractivity contribution in [3.8, 4) is 11.5 Å². The number of pyridine rings is 1. The molecule has 1 aromatic heterocycles. The van der Waals surface area contributed by atoms with E-state index in [1.807, 2.05) is 43.3 Å². The van der Waals surface area contributed by atoms with Crippen molar-refractivity contribution in [2.45, 2.75) is 25.3 Å². The molecule has 6 heteroatoms. The molecule has 1 amide bonds. The number of carbonyl (C=O) groups is 1. The third-order valence-electron chi connectivity index (χ3n) is 4.06. The number of anilines is 1. The van der Waals surface area contributed by atoms with Crippen LogP contribution in [-0.2, 0) is 6.54 Å². The summed E-state index contributed by atoms with van der Waals surface area (Å²) in [5, 5.41) is 2.86. The lowest BCUT2D eigenvalue weighted by Crippen LogP contribution is -2.24. The molecule has 144 valence electrons. The molecule has 28 heavy (non-hydrogen) atoms. The average molecular weight is 394 g/mol. The maximum atomic E-state index is 12.3. The summed E-state index contributed by atoms with van der Waals surface area (Å²) in [4.78, 5) is 17.6. The number of carbonyl (C=O) groups excluding carboxylic acids is 1. The van der Waals surface area contributed by atoms with E-state index in [0.717, 1.165) is 28.5 Å². The van der Waals surface area contributed by atoms with Crippen LogP contribution in [-0.4, -0.2) is 16.6 Å². The maximum absolute atomic E-state index is 12.3. The summed E-state index contributed by atoms with van der Waals surface area (Å²) in [5.74, 6) is 2.59. The van der Waals surface area contributed by atoms with Gasteiger partial charge in [0.15, 0.2) is 0 Å². The van der Waals surface area contributed by atoms with Crippen LogP contribution in [0.15, 0.2) is 65.6 Å². The molecule has 0 spiro atoms. The van der Waals surface area contributed by atoms with Crippen molar-refractivity contribution >= 4 is 23.5 Å². The predicted molar refractivity (Wildman–Crippen MR) is 114 cm³/mol. The number of nitrogens with two attached hydrogens (primary N) is 1. The van der Waals surface area contributed by atoms with Crippen LogP contribution in [0.4, 0.5) is 5.82 Å². The predicted octanol–water partition coefficient (Wildman–Crippen LogP) is 4.81. The summed E-state index contributed by atoms with van der Waals surface area (Å²) in [7, 11) is 0. The first-order valence-corrected chi connectivity index (χ1v) is 10.0. The molecule has 0 aliphatic rings. The van der Waals surface area contributed by atoms with E-state index in [-0.39, 0.29) is 11.7 Å². The number of hydrogen-bond acceptors (Lipinski definition) is 5. The van der Waals surface area contributed by atoms with Gasteiger partial charge in [0.2, 0.25) is 0 Å². The zero-order valence-electron chi connectivity index (χ0n) is 15.9. The second-order valence-electron chi connectivity index (χ2n) is 6.22. The van der Waals surface area contributed by atoms with Crippen LogP contribution < -0.4 is 15.8 Å². The lowest BCUT2D eigenvalue weighted by atomic mass is 10.2. The number of aromatic nitrogens is 1. The Bertz CT molecular complexity index is 941. The van der Waals surface area contributed by atoms with Gasteiger partial charge in [-0.3, -0.25) is 4.79 Å². The van der Waals surface area contributed by atoms with E-state index in [1.165, 1.54) is 4.90 Å². The number of nitrogens with one attached hydrogen (secondary N) is 1. The molecule has 1 heterocycles. The highest BCUT2D eigenvalue weighted by Crippen LogP contribution is 2.25. The van der Waals surface area contributed by atoms with Crippen molar-refractivity contribution in [2.75, 3.05) is 11.5 Å². The molecule has 0 saturated heterocycles. The number of hydrogen-bond donors (Lipinski definition) is 2. The van der Waals surface area contributed by atoms with Crippen LogP contribution in [0.5, 0.6) is 11.5 Å². The minimum Gasteiger partial charge on any atom is -0.457 e. The van der Waals surface area contributed by atoms with Gasteiger partial charge in [0.1, 0.15) is 17.3 Å². The van der Waals surface area contributed by atoms with Crippen LogP contribution in [0.3, 0.4) is 0 Å². The molecule has 2 aromatic carbocycles. The number of benzene rings is 2. The second kappa shape index (κ2) is 9.28. The molecule has 0 bridgehead atoms. The quantitative estimate of drug-likeness (QED) is 0.564. The molecular weight excluding hydrogens is 370 g/mol. The number of aryl methyl sites for hydroxylation is 1. The Kier molecular flexibility index (Phi) is 6.55. The third-order valence-corrected chi connectivity index (χ3v) is 4.95. The second-order valence-corrected chi connectivity index (χ2v) is 7.56. The van der Waals surface area contributed by atoms with Crippen LogP contribution >= 0.6 is 11.8 Å². The number of rotatable bonds is 7. The molecule has 0 radical (unpaired) electrons. The molecule has 3 N–H and O–H groups in total. The van der Waals surface area contributed by atoms with Gasteiger partial charge in [0, 0.05) is 17.1 Å². The van der Waals surface area contributed by atoms with Gasteiger partial charge in [-0.25, -0.2) is 4.98 Å². The molecule has 0 unspecified atom stereocenters. The highest BCUT2D eigenvalue weighted by Gasteiger charge is 2.10. The van der Waals surface area contributed by atoms with Gasteiger partial charge < -0.3 is 15.8 Å². The Morgan fingerprint density at radius 1 is 1.04 bits per heavy atom. The number of nitrogen functional groups attached to an aromatic ring is 1. The van der Waals surface area contributed by atoms with Gasteiger partial charge in [-0.1, -0.05) is 19.1 Å². The third kappa shape index (κ3) is 5.27. The van der Waals surface area contributed by atoms with Gasteiger partial charge >= 0.3 is 0 Å². The number of amides is 1. The Balaban J connectivity index is 1.56. The molecule has 3 aromatic rings. The Morgan fingerprint density at radius 3 is 2.29 bits per heavy atom. The van der Waals surface area contributed by atoms with E-state index in [2.05, 4.69) is 29.4 Å². The largest absolute Gasteiger partial charge is 0.457 e. The van der Waals surface area contributed by atoms with E-state index < -0.39 is 0 Å². The standard InChI is InChI=1S/C22H23N3O2S/c1-3-28-19-11-9-18(10-12-19)27-17-7-5-16(6-8-17)14-24-22(26)20-13-4-15(2)25-21(20)23/h4-13H,3,14H2,1-2H3,(H2,23,25)(H,24,26). The monoisotopic (exact) mass is 393 g/mol. The van der Waals surface area contributed by atoms with Crippen molar-refractivity contribution in [3.63, 3.8) is 0 Å². The molecule has 0 aliphatic heterocycles. The summed E-state index contributed by atoms with van der Waals surface area (Å²) in [5.41, 5.74) is 7.95. The molecule has 0 saturated carbocycles. The van der Waals surface area contributed by atoms with Crippen molar-refractivity contribution in [1.82, 2.24) is 10.3 Å². The molecule has 5 nitrogen and oxygen atoms in total. The number of ether oxygens (including phenoxy) is 1. The first-order valence-electron chi connectivity index (χ1n) is 9.06. The molecular formula is C22H23N3O2S. The number of thioether (sulfide) groups is 1. The molecule has 0 fully saturated rings. The van der Waals surface area contributed by atoms with E-state index in [4.69, 9.17) is 10.5 Å². The molecule has 0 atom stereocenters. The van der Waals surface area contributed by atoms with Crippen LogP contribution in [0.1, 0.15) is 28.5 Å². The van der Waals surface area contributed by atoms with Gasteiger partial charge in [0.05, 0.1) is 5.56 Å².